The molecule has 7 nitrogen and oxygen atoms in total. The molecular weight excluding hydrogens is 464 g/mol. The highest BCUT2D eigenvalue weighted by atomic mass is 32.2. The zero-order valence-electron chi connectivity index (χ0n) is 19.1. The first kappa shape index (κ1) is 24.1. The molecule has 0 radical (unpaired) electrons. The smallest absolute Gasteiger partial charge is 0.294 e. The van der Waals surface area contributed by atoms with E-state index in [0.29, 0.717) is 30.2 Å². The number of hydrogen-bond acceptors (Lipinski definition) is 6. The van der Waals surface area contributed by atoms with Gasteiger partial charge >= 0.3 is 0 Å². The summed E-state index contributed by atoms with van der Waals surface area (Å²) in [6.45, 7) is 2.21. The number of nitrogens with zero attached hydrogens (tertiary/aromatic N) is 1. The predicted octanol–water partition coefficient (Wildman–Crippen LogP) is 5.13. The van der Waals surface area contributed by atoms with Gasteiger partial charge in [-0.2, -0.15) is 0 Å². The van der Waals surface area contributed by atoms with Gasteiger partial charge in [0.25, 0.3) is 11.1 Å². The van der Waals surface area contributed by atoms with E-state index in [0.717, 1.165) is 28.0 Å². The molecule has 178 valence electrons. The van der Waals surface area contributed by atoms with Gasteiger partial charge in [-0.1, -0.05) is 48.5 Å². The molecule has 0 aliphatic carbocycles. The molecule has 3 aromatic rings. The number of para-hydroxylation sites is 2. The Hall–Kier alpha value is -4.04. The number of aryl methyl sites for hydroxylation is 1. The van der Waals surface area contributed by atoms with Crippen molar-refractivity contribution < 1.29 is 23.9 Å². The first-order valence-electron chi connectivity index (χ1n) is 11.0. The van der Waals surface area contributed by atoms with E-state index < -0.39 is 17.1 Å². The first-order valence-corrected chi connectivity index (χ1v) is 11.8. The second kappa shape index (κ2) is 11.4. The maximum Gasteiger partial charge on any atom is 0.294 e. The number of thioether (sulfide) groups is 1. The van der Waals surface area contributed by atoms with Crippen molar-refractivity contribution in [1.82, 2.24) is 4.90 Å². The van der Waals surface area contributed by atoms with Crippen molar-refractivity contribution in [3.8, 4) is 11.5 Å². The van der Waals surface area contributed by atoms with Crippen molar-refractivity contribution in [3.63, 3.8) is 0 Å². The van der Waals surface area contributed by atoms with Gasteiger partial charge in [0.15, 0.2) is 0 Å². The minimum Gasteiger partial charge on any atom is -0.490 e. The average Bonchev–Trinajstić information content (AvgIpc) is 3.10. The number of benzene rings is 3. The highest BCUT2D eigenvalue weighted by Crippen LogP contribution is 2.34. The van der Waals surface area contributed by atoms with E-state index in [1.165, 1.54) is 0 Å². The number of nitrogens with one attached hydrogen (secondary N) is 1. The van der Waals surface area contributed by atoms with Crippen LogP contribution < -0.4 is 14.8 Å². The Kier molecular flexibility index (Phi) is 7.84. The van der Waals surface area contributed by atoms with Gasteiger partial charge in [0, 0.05) is 11.3 Å². The predicted molar refractivity (Wildman–Crippen MR) is 136 cm³/mol. The quantitative estimate of drug-likeness (QED) is 0.332. The van der Waals surface area contributed by atoms with E-state index in [2.05, 4.69) is 5.32 Å². The van der Waals surface area contributed by atoms with Crippen molar-refractivity contribution in [2.24, 2.45) is 0 Å². The summed E-state index contributed by atoms with van der Waals surface area (Å²) >= 11 is 0.800. The Bertz CT molecular complexity index is 1260. The lowest BCUT2D eigenvalue weighted by Gasteiger charge is -2.13. The lowest BCUT2D eigenvalue weighted by atomic mass is 10.2. The van der Waals surface area contributed by atoms with Crippen LogP contribution in [0.2, 0.25) is 0 Å². The zero-order valence-corrected chi connectivity index (χ0v) is 19.9. The standard InChI is InChI=1S/C27H24N2O5S/c1-19-8-7-10-21(16-19)28-25(30)18-29-26(31)24(35-27(29)32)17-20-9-5-6-13-23(20)34-15-14-33-22-11-3-2-4-12-22/h2-13,16-17H,14-15,18H2,1H3,(H,28,30)/b24-17+. The van der Waals surface area contributed by atoms with Crippen molar-refractivity contribution in [3.05, 3.63) is 94.9 Å². The lowest BCUT2D eigenvalue weighted by Crippen LogP contribution is -2.36. The lowest BCUT2D eigenvalue weighted by molar-refractivity contribution is -0.127. The van der Waals surface area contributed by atoms with Gasteiger partial charge in [-0.05, 0) is 60.7 Å². The van der Waals surface area contributed by atoms with Crippen LogP contribution >= 0.6 is 11.8 Å². The van der Waals surface area contributed by atoms with Crippen LogP contribution in [-0.4, -0.2) is 41.7 Å². The molecule has 8 heteroatoms. The molecule has 1 saturated heterocycles. The fourth-order valence-corrected chi connectivity index (χ4v) is 4.23. The number of carbonyl (C=O) groups is 3. The molecule has 0 aromatic heterocycles. The Balaban J connectivity index is 1.37. The van der Waals surface area contributed by atoms with Crippen LogP contribution in [-0.2, 0) is 9.59 Å². The highest BCUT2D eigenvalue weighted by molar-refractivity contribution is 8.18. The molecule has 1 N–H and O–H groups in total. The Morgan fingerprint density at radius 2 is 1.69 bits per heavy atom. The van der Waals surface area contributed by atoms with Gasteiger partial charge in [-0.15, -0.1) is 0 Å². The summed E-state index contributed by atoms with van der Waals surface area (Å²) in [6, 6.07) is 24.0. The third-order valence-corrected chi connectivity index (χ3v) is 5.94. The van der Waals surface area contributed by atoms with Crippen molar-refractivity contribution in [1.29, 1.82) is 0 Å². The van der Waals surface area contributed by atoms with Crippen LogP contribution in [0.4, 0.5) is 10.5 Å². The van der Waals surface area contributed by atoms with E-state index in [1.54, 1.807) is 24.3 Å². The normalized spacial score (nSPS) is 14.3. The number of amides is 3. The summed E-state index contributed by atoms with van der Waals surface area (Å²) in [5.74, 6) is 0.362. The Morgan fingerprint density at radius 1 is 0.943 bits per heavy atom. The summed E-state index contributed by atoms with van der Waals surface area (Å²) < 4.78 is 11.5. The first-order chi connectivity index (χ1) is 17.0. The van der Waals surface area contributed by atoms with Gasteiger partial charge in [-0.25, -0.2) is 0 Å². The molecule has 3 aromatic carbocycles. The molecule has 3 amide bonds. The molecular formula is C27H24N2O5S. The molecule has 1 fully saturated rings. The topological polar surface area (TPSA) is 84.9 Å². The van der Waals surface area contributed by atoms with E-state index in [1.807, 2.05) is 67.6 Å². The number of ether oxygens (including phenoxy) is 2. The summed E-state index contributed by atoms with van der Waals surface area (Å²) in [5, 5.41) is 2.23. The third-order valence-electron chi connectivity index (χ3n) is 5.04. The van der Waals surface area contributed by atoms with Crippen molar-refractivity contribution in [2.45, 2.75) is 6.92 Å². The maximum atomic E-state index is 12.9. The van der Waals surface area contributed by atoms with E-state index in [4.69, 9.17) is 9.47 Å². The molecule has 0 atom stereocenters. The van der Waals surface area contributed by atoms with Crippen molar-refractivity contribution >= 4 is 40.6 Å². The molecule has 0 unspecified atom stereocenters. The summed E-state index contributed by atoms with van der Waals surface area (Å²) in [4.78, 5) is 38.9. The molecule has 0 saturated carbocycles. The third kappa shape index (κ3) is 6.51. The van der Waals surface area contributed by atoms with Gasteiger partial charge in [0.2, 0.25) is 5.91 Å². The second-order valence-corrected chi connectivity index (χ2v) is 8.73. The molecule has 1 heterocycles. The fourth-order valence-electron chi connectivity index (χ4n) is 3.40. The summed E-state index contributed by atoms with van der Waals surface area (Å²) in [6.07, 6.45) is 1.61. The number of rotatable bonds is 9. The van der Waals surface area contributed by atoms with Crippen LogP contribution in [0.5, 0.6) is 11.5 Å². The largest absolute Gasteiger partial charge is 0.490 e. The van der Waals surface area contributed by atoms with Crippen LogP contribution in [0, 0.1) is 6.92 Å². The maximum absolute atomic E-state index is 12.9. The molecule has 1 aliphatic rings. The van der Waals surface area contributed by atoms with Gasteiger partial charge < -0.3 is 14.8 Å². The molecule has 4 rings (SSSR count). The molecule has 0 bridgehead atoms. The average molecular weight is 489 g/mol. The van der Waals surface area contributed by atoms with Crippen LogP contribution in [0.1, 0.15) is 11.1 Å². The van der Waals surface area contributed by atoms with Gasteiger partial charge in [0.05, 0.1) is 4.91 Å². The minimum absolute atomic E-state index is 0.231. The summed E-state index contributed by atoms with van der Waals surface area (Å²) in [7, 11) is 0. The van der Waals surface area contributed by atoms with E-state index in [9.17, 15) is 14.4 Å². The fraction of sp³-hybridized carbons (Fsp3) is 0.148. The number of imide groups is 1. The molecule has 35 heavy (non-hydrogen) atoms. The molecule has 1 aliphatic heterocycles. The number of carbonyl (C=O) groups excluding carboxylic acids is 3. The zero-order chi connectivity index (χ0) is 24.6. The summed E-state index contributed by atoms with van der Waals surface area (Å²) in [5.41, 5.74) is 2.26. The monoisotopic (exact) mass is 488 g/mol. The van der Waals surface area contributed by atoms with Gasteiger partial charge in [-0.3, -0.25) is 19.3 Å². The number of hydrogen-bond donors (Lipinski definition) is 1. The minimum atomic E-state index is -0.512. The van der Waals surface area contributed by atoms with E-state index in [-0.39, 0.29) is 11.4 Å². The van der Waals surface area contributed by atoms with Crippen LogP contribution in [0.25, 0.3) is 6.08 Å². The molecule has 0 spiro atoms. The number of anilines is 1. The SMILES string of the molecule is Cc1cccc(NC(=O)CN2C(=O)S/C(=C/c3ccccc3OCCOc3ccccc3)C2=O)c1. The van der Waals surface area contributed by atoms with Crippen molar-refractivity contribution in [2.75, 3.05) is 25.1 Å². The highest BCUT2D eigenvalue weighted by Gasteiger charge is 2.36. The van der Waals surface area contributed by atoms with Crippen LogP contribution in [0.3, 0.4) is 0 Å². The Labute approximate surface area is 207 Å². The second-order valence-electron chi connectivity index (χ2n) is 7.73. The van der Waals surface area contributed by atoms with E-state index >= 15 is 0 Å². The van der Waals surface area contributed by atoms with Crippen LogP contribution in [0.15, 0.2) is 83.8 Å². The Morgan fingerprint density at radius 3 is 2.49 bits per heavy atom. The van der Waals surface area contributed by atoms with Gasteiger partial charge in [0.1, 0.15) is 31.3 Å².